The summed E-state index contributed by atoms with van der Waals surface area (Å²) in [5.74, 6) is -0.903. The molecule has 0 saturated carbocycles. The fraction of sp³-hybridized carbons (Fsp3) is 0.0625. The van der Waals surface area contributed by atoms with Crippen molar-refractivity contribution in [3.63, 3.8) is 0 Å². The summed E-state index contributed by atoms with van der Waals surface area (Å²) in [6.07, 6.45) is -1.15. The summed E-state index contributed by atoms with van der Waals surface area (Å²) in [5, 5.41) is 14.4. The van der Waals surface area contributed by atoms with Crippen LogP contribution in [0, 0.1) is 0 Å². The molecule has 42 heavy (non-hydrogen) atoms. The van der Waals surface area contributed by atoms with Crippen LogP contribution in [0.5, 0.6) is 5.75 Å². The van der Waals surface area contributed by atoms with Gasteiger partial charge in [-0.25, -0.2) is 9.48 Å². The molecule has 0 atom stereocenters. The Morgan fingerprint density at radius 1 is 0.762 bits per heavy atom. The number of hydrogen-bond acceptors (Lipinski definition) is 5. The molecule has 0 aliphatic carbocycles. The zero-order valence-corrected chi connectivity index (χ0v) is 21.8. The van der Waals surface area contributed by atoms with E-state index in [1.165, 1.54) is 18.2 Å². The first-order chi connectivity index (χ1) is 20.2. The lowest BCUT2D eigenvalue weighted by molar-refractivity contribution is -0.153. The third-order valence-corrected chi connectivity index (χ3v) is 6.58. The number of carboxylic acid groups (broad SMARTS) is 1. The van der Waals surface area contributed by atoms with Crippen molar-refractivity contribution in [2.24, 2.45) is 0 Å². The number of hydrogen-bond donors (Lipinski definition) is 1. The summed E-state index contributed by atoms with van der Waals surface area (Å²) in [6.45, 7) is -1.34. The van der Waals surface area contributed by atoms with Crippen LogP contribution in [0.4, 0.5) is 13.2 Å². The molecule has 2 heterocycles. The van der Waals surface area contributed by atoms with E-state index in [0.717, 1.165) is 33.5 Å². The molecule has 0 bridgehead atoms. The number of alkyl halides is 3. The van der Waals surface area contributed by atoms with E-state index in [1.54, 1.807) is 47.4 Å². The highest BCUT2D eigenvalue weighted by Gasteiger charge is 2.28. The van der Waals surface area contributed by atoms with Crippen LogP contribution in [0.2, 0.25) is 0 Å². The van der Waals surface area contributed by atoms with Gasteiger partial charge in [-0.3, -0.25) is 9.97 Å². The Morgan fingerprint density at radius 3 is 2.10 bits per heavy atom. The molecule has 10 heteroatoms. The monoisotopic (exact) mass is 566 g/mol. The van der Waals surface area contributed by atoms with E-state index >= 15 is 0 Å². The smallest absolute Gasteiger partial charge is 0.422 e. The number of rotatable bonds is 7. The lowest BCUT2D eigenvalue weighted by Crippen LogP contribution is -2.19. The third-order valence-electron chi connectivity index (χ3n) is 6.58. The Bertz CT molecular complexity index is 1900. The quantitative estimate of drug-likeness (QED) is 0.216. The van der Waals surface area contributed by atoms with E-state index in [4.69, 9.17) is 9.84 Å². The number of aromatic nitrogens is 4. The van der Waals surface area contributed by atoms with Gasteiger partial charge in [0, 0.05) is 23.5 Å². The molecule has 0 amide bonds. The molecule has 0 radical (unpaired) electrons. The molecule has 0 aliphatic rings. The zero-order valence-electron chi connectivity index (χ0n) is 21.8. The highest BCUT2D eigenvalue weighted by atomic mass is 19.4. The number of aromatic carboxylic acids is 1. The normalized spacial score (nSPS) is 11.5. The van der Waals surface area contributed by atoms with E-state index in [0.29, 0.717) is 16.9 Å². The second-order valence-electron chi connectivity index (χ2n) is 9.45. The summed E-state index contributed by atoms with van der Waals surface area (Å²) in [7, 11) is 0. The fourth-order valence-corrected chi connectivity index (χ4v) is 4.56. The van der Waals surface area contributed by atoms with E-state index in [1.807, 2.05) is 48.5 Å². The molecule has 0 aliphatic heterocycles. The van der Waals surface area contributed by atoms with Crippen molar-refractivity contribution >= 4 is 17.0 Å². The van der Waals surface area contributed by atoms with Crippen LogP contribution < -0.4 is 4.74 Å². The first-order valence-corrected chi connectivity index (χ1v) is 12.8. The number of fused-ring (bicyclic) bond motifs is 1. The minimum Gasteiger partial charge on any atom is -0.484 e. The molecule has 7 nitrogen and oxygen atoms in total. The van der Waals surface area contributed by atoms with Crippen molar-refractivity contribution in [2.75, 3.05) is 6.61 Å². The SMILES string of the molecule is O=C(O)c1cccc(-n2nc(-c3ccc(-c4ccc(OCC(F)(F)F)cc4)cc3)cc2-c2ccc3nccnc3c2)c1. The van der Waals surface area contributed by atoms with Crippen molar-refractivity contribution in [3.8, 4) is 45.1 Å². The Labute approximate surface area is 237 Å². The number of ether oxygens (including phenoxy) is 1. The van der Waals surface area contributed by atoms with Crippen molar-refractivity contribution in [3.05, 3.63) is 115 Å². The maximum absolute atomic E-state index is 12.4. The predicted octanol–water partition coefficient (Wildman–Crippen LogP) is 7.46. The predicted molar refractivity (Wildman–Crippen MR) is 151 cm³/mol. The molecular weight excluding hydrogens is 545 g/mol. The fourth-order valence-electron chi connectivity index (χ4n) is 4.56. The molecule has 0 unspecified atom stereocenters. The van der Waals surface area contributed by atoms with Crippen LogP contribution in [-0.2, 0) is 0 Å². The number of benzene rings is 4. The minimum atomic E-state index is -4.40. The largest absolute Gasteiger partial charge is 0.484 e. The van der Waals surface area contributed by atoms with E-state index in [9.17, 15) is 23.1 Å². The molecule has 0 fully saturated rings. The summed E-state index contributed by atoms with van der Waals surface area (Å²) >= 11 is 0. The van der Waals surface area contributed by atoms with Gasteiger partial charge in [-0.05, 0) is 59.7 Å². The van der Waals surface area contributed by atoms with Crippen molar-refractivity contribution < 1.29 is 27.8 Å². The molecular formula is C32H21F3N4O3. The first-order valence-electron chi connectivity index (χ1n) is 12.8. The first kappa shape index (κ1) is 26.7. The van der Waals surface area contributed by atoms with Gasteiger partial charge in [-0.15, -0.1) is 0 Å². The third kappa shape index (κ3) is 5.68. The van der Waals surface area contributed by atoms with E-state index < -0.39 is 18.8 Å². The van der Waals surface area contributed by atoms with Crippen LogP contribution in [0.3, 0.4) is 0 Å². The molecule has 2 aromatic heterocycles. The number of nitrogens with zero attached hydrogens (tertiary/aromatic N) is 4. The van der Waals surface area contributed by atoms with Gasteiger partial charge in [0.1, 0.15) is 5.75 Å². The lowest BCUT2D eigenvalue weighted by Gasteiger charge is -2.10. The van der Waals surface area contributed by atoms with Gasteiger partial charge in [0.15, 0.2) is 6.61 Å². The van der Waals surface area contributed by atoms with Crippen LogP contribution >= 0.6 is 0 Å². The standard InChI is InChI=1S/C32H21F3N4O3/c33-32(34,35)19-42-26-11-8-21(9-12-26)20-4-6-22(7-5-20)28-18-30(23-10-13-27-29(17-23)37-15-14-36-27)39(38-28)25-3-1-2-24(16-25)31(40)41/h1-18H,19H2,(H,40,41). The van der Waals surface area contributed by atoms with E-state index in [-0.39, 0.29) is 11.3 Å². The van der Waals surface area contributed by atoms with Crippen molar-refractivity contribution in [1.29, 1.82) is 0 Å². The minimum absolute atomic E-state index is 0.136. The topological polar surface area (TPSA) is 90.1 Å². The Morgan fingerprint density at radius 2 is 1.40 bits per heavy atom. The molecule has 6 aromatic rings. The molecule has 208 valence electrons. The van der Waals surface area contributed by atoms with Crippen molar-refractivity contribution in [2.45, 2.75) is 6.18 Å². The second kappa shape index (κ2) is 10.8. The zero-order chi connectivity index (χ0) is 29.3. The highest BCUT2D eigenvalue weighted by molar-refractivity contribution is 5.88. The van der Waals surface area contributed by atoms with Gasteiger partial charge in [0.05, 0.1) is 33.7 Å². The van der Waals surface area contributed by atoms with Gasteiger partial charge in [0.2, 0.25) is 0 Å². The maximum atomic E-state index is 12.4. The lowest BCUT2D eigenvalue weighted by atomic mass is 10.0. The van der Waals surface area contributed by atoms with Crippen LogP contribution in [-0.4, -0.2) is 43.6 Å². The maximum Gasteiger partial charge on any atom is 0.422 e. The second-order valence-corrected chi connectivity index (χ2v) is 9.45. The summed E-state index contributed by atoms with van der Waals surface area (Å²) in [6, 6.07) is 28.2. The number of halogens is 3. The van der Waals surface area contributed by atoms with E-state index in [2.05, 4.69) is 9.97 Å². The van der Waals surface area contributed by atoms with Crippen LogP contribution in [0.25, 0.3) is 50.4 Å². The summed E-state index contributed by atoms with van der Waals surface area (Å²) in [4.78, 5) is 20.4. The average Bonchev–Trinajstić information content (AvgIpc) is 3.46. The average molecular weight is 567 g/mol. The van der Waals surface area contributed by atoms with Crippen molar-refractivity contribution in [1.82, 2.24) is 19.7 Å². The Hall–Kier alpha value is -5.51. The van der Waals surface area contributed by atoms with Gasteiger partial charge in [-0.2, -0.15) is 18.3 Å². The molecule has 4 aromatic carbocycles. The van der Waals surface area contributed by atoms with Crippen LogP contribution in [0.15, 0.2) is 109 Å². The summed E-state index contributed by atoms with van der Waals surface area (Å²) < 4.78 is 43.8. The molecule has 1 N–H and O–H groups in total. The highest BCUT2D eigenvalue weighted by Crippen LogP contribution is 2.32. The van der Waals surface area contributed by atoms with Gasteiger partial charge < -0.3 is 9.84 Å². The molecule has 0 spiro atoms. The number of carboxylic acids is 1. The summed E-state index contributed by atoms with van der Waals surface area (Å²) in [5.41, 5.74) is 6.90. The Balaban J connectivity index is 1.35. The van der Waals surface area contributed by atoms with Gasteiger partial charge >= 0.3 is 12.1 Å². The van der Waals surface area contributed by atoms with Gasteiger partial charge in [0.25, 0.3) is 0 Å². The Kier molecular flexibility index (Phi) is 6.87. The van der Waals surface area contributed by atoms with Gasteiger partial charge in [-0.1, -0.05) is 48.5 Å². The molecule has 6 rings (SSSR count). The number of carbonyl (C=O) groups is 1. The van der Waals surface area contributed by atoms with Crippen LogP contribution in [0.1, 0.15) is 10.4 Å². The molecule has 0 saturated heterocycles.